The van der Waals surface area contributed by atoms with Crippen LogP contribution >= 0.6 is 22.9 Å². The lowest BCUT2D eigenvalue weighted by Gasteiger charge is -2.06. The highest BCUT2D eigenvalue weighted by Crippen LogP contribution is 2.26. The Kier molecular flexibility index (Phi) is 6.62. The largest absolute Gasteiger partial charge is 0.748 e. The van der Waals surface area contributed by atoms with Crippen LogP contribution in [0, 0.1) is 0 Å². The molecule has 0 spiro atoms. The van der Waals surface area contributed by atoms with E-state index in [4.69, 9.17) is 16.3 Å². The summed E-state index contributed by atoms with van der Waals surface area (Å²) in [6, 6.07) is 5.61. The molecule has 5 nitrogen and oxygen atoms in total. The summed E-state index contributed by atoms with van der Waals surface area (Å²) in [5.41, 5.74) is 0.925. The number of hydrogen-bond acceptors (Lipinski definition) is 5. The van der Waals surface area contributed by atoms with Crippen molar-refractivity contribution >= 4 is 49.3 Å². The number of aromatic nitrogens is 1. The number of rotatable bonds is 8. The van der Waals surface area contributed by atoms with Crippen LogP contribution in [0.3, 0.4) is 0 Å². The number of allylic oxidation sites excluding steroid dienone is 1. The summed E-state index contributed by atoms with van der Waals surface area (Å²) < 4.78 is 41.2. The van der Waals surface area contributed by atoms with Crippen LogP contribution in [0.15, 0.2) is 24.0 Å². The fraction of sp³-hybridized carbons (Fsp3) is 0.438. The average Bonchev–Trinajstić information content (AvgIpc) is 2.83. The Morgan fingerprint density at radius 3 is 2.79 bits per heavy atom. The van der Waals surface area contributed by atoms with E-state index in [9.17, 15) is 13.0 Å². The van der Waals surface area contributed by atoms with Gasteiger partial charge < -0.3 is 9.29 Å². The number of benzene rings is 1. The van der Waals surface area contributed by atoms with Gasteiger partial charge in [0.05, 0.1) is 22.8 Å². The van der Waals surface area contributed by atoms with E-state index >= 15 is 0 Å². The molecule has 0 amide bonds. The minimum Gasteiger partial charge on any atom is -0.748 e. The summed E-state index contributed by atoms with van der Waals surface area (Å²) in [6.45, 7) is 4.96. The Morgan fingerprint density at radius 2 is 2.17 bits per heavy atom. The molecule has 0 aliphatic rings. The maximum atomic E-state index is 10.9. The van der Waals surface area contributed by atoms with E-state index in [1.54, 1.807) is 11.3 Å². The van der Waals surface area contributed by atoms with Crippen LogP contribution in [0.4, 0.5) is 0 Å². The molecule has 0 bridgehead atoms. The monoisotopic (exact) mass is 389 g/mol. The van der Waals surface area contributed by atoms with Crippen molar-refractivity contribution in [2.24, 2.45) is 0 Å². The first-order chi connectivity index (χ1) is 11.3. The van der Waals surface area contributed by atoms with Crippen LogP contribution in [-0.2, 0) is 21.4 Å². The van der Waals surface area contributed by atoms with Crippen LogP contribution in [0.1, 0.15) is 31.7 Å². The third kappa shape index (κ3) is 5.17. The first kappa shape index (κ1) is 19.2. The fourth-order valence-corrected chi connectivity index (χ4v) is 4.15. The number of fused-ring (bicyclic) bond motifs is 1. The molecule has 2 aromatic rings. The lowest BCUT2D eigenvalue weighted by Crippen LogP contribution is -2.36. The van der Waals surface area contributed by atoms with Crippen molar-refractivity contribution in [3.05, 3.63) is 34.0 Å². The molecule has 24 heavy (non-hydrogen) atoms. The molecule has 0 atom stereocenters. The molecule has 1 heterocycles. The second kappa shape index (κ2) is 8.29. The van der Waals surface area contributed by atoms with Gasteiger partial charge in [0.2, 0.25) is 5.52 Å². The van der Waals surface area contributed by atoms with Crippen molar-refractivity contribution in [2.45, 2.75) is 33.2 Å². The number of halogens is 1. The van der Waals surface area contributed by atoms with Gasteiger partial charge in [0.25, 0.3) is 5.01 Å². The SMILES string of the molecule is CCO/C(=C/c1sc2ccc(Cl)cc2[n+]1CCCS(=O)(=O)[O-])CC. The van der Waals surface area contributed by atoms with E-state index in [1.165, 1.54) is 0 Å². The molecular weight excluding hydrogens is 370 g/mol. The van der Waals surface area contributed by atoms with Crippen molar-refractivity contribution in [1.29, 1.82) is 0 Å². The third-order valence-corrected chi connectivity index (χ3v) is 5.57. The molecule has 1 aromatic heterocycles. The summed E-state index contributed by atoms with van der Waals surface area (Å²) in [5.74, 6) is 0.480. The highest BCUT2D eigenvalue weighted by Gasteiger charge is 2.20. The Labute approximate surface area is 151 Å². The second-order valence-electron chi connectivity index (χ2n) is 5.22. The van der Waals surface area contributed by atoms with Gasteiger partial charge in [-0.1, -0.05) is 29.9 Å². The van der Waals surface area contributed by atoms with E-state index in [-0.39, 0.29) is 12.2 Å². The van der Waals surface area contributed by atoms with Crippen molar-refractivity contribution < 1.29 is 22.3 Å². The number of nitrogens with zero attached hydrogens (tertiary/aromatic N) is 1. The minimum atomic E-state index is -4.21. The van der Waals surface area contributed by atoms with E-state index in [0.29, 0.717) is 18.2 Å². The molecular formula is C16H20ClNO4S2. The molecule has 0 radical (unpaired) electrons. The van der Waals surface area contributed by atoms with Crippen molar-refractivity contribution in [3.63, 3.8) is 0 Å². The van der Waals surface area contributed by atoms with Crippen molar-refractivity contribution in [1.82, 2.24) is 0 Å². The Morgan fingerprint density at radius 1 is 1.42 bits per heavy atom. The molecule has 0 aliphatic carbocycles. The predicted octanol–water partition coefficient (Wildman–Crippen LogP) is 3.56. The lowest BCUT2D eigenvalue weighted by molar-refractivity contribution is -0.668. The lowest BCUT2D eigenvalue weighted by atomic mass is 10.3. The molecule has 2 rings (SSSR count). The molecule has 0 fully saturated rings. The van der Waals surface area contributed by atoms with Gasteiger partial charge in [-0.3, -0.25) is 0 Å². The van der Waals surface area contributed by atoms with Gasteiger partial charge in [0.1, 0.15) is 10.5 Å². The molecule has 0 saturated heterocycles. The Hall–Kier alpha value is -1.15. The maximum Gasteiger partial charge on any atom is 0.266 e. The number of ether oxygens (including phenoxy) is 1. The Balaban J connectivity index is 2.43. The average molecular weight is 390 g/mol. The zero-order chi connectivity index (χ0) is 17.7. The quantitative estimate of drug-likeness (QED) is 0.393. The highest BCUT2D eigenvalue weighted by atomic mass is 35.5. The first-order valence-electron chi connectivity index (χ1n) is 7.73. The first-order valence-corrected chi connectivity index (χ1v) is 10.5. The smallest absolute Gasteiger partial charge is 0.266 e. The van der Waals surface area contributed by atoms with Gasteiger partial charge in [-0.25, -0.2) is 8.42 Å². The maximum absolute atomic E-state index is 10.9. The number of aryl methyl sites for hydroxylation is 1. The third-order valence-electron chi connectivity index (χ3n) is 3.43. The van der Waals surface area contributed by atoms with Gasteiger partial charge in [-0.2, -0.15) is 4.57 Å². The molecule has 0 saturated carbocycles. The van der Waals surface area contributed by atoms with E-state index < -0.39 is 10.1 Å². The van der Waals surface area contributed by atoms with Gasteiger partial charge in [0, 0.05) is 29.7 Å². The van der Waals surface area contributed by atoms with Crippen LogP contribution < -0.4 is 4.57 Å². The van der Waals surface area contributed by atoms with Gasteiger partial charge in [-0.05, 0) is 19.1 Å². The van der Waals surface area contributed by atoms with E-state index in [2.05, 4.69) is 0 Å². The van der Waals surface area contributed by atoms with Crippen molar-refractivity contribution in [3.8, 4) is 0 Å². The van der Waals surface area contributed by atoms with Crippen LogP contribution in [-0.4, -0.2) is 25.3 Å². The standard InChI is InChI=1S/C16H20ClNO4S2/c1-3-13(22-4-2)11-16-18(8-5-9-24(19,20)21)14-10-12(17)6-7-15(14)23-16/h6-7,10-11H,3-5,8-9H2,1-2H3/b13-11+. The highest BCUT2D eigenvalue weighted by molar-refractivity contribution is 7.85. The van der Waals surface area contributed by atoms with Gasteiger partial charge in [0.15, 0.2) is 6.54 Å². The molecule has 8 heteroatoms. The topological polar surface area (TPSA) is 70.3 Å². The van der Waals surface area contributed by atoms with E-state index in [1.807, 2.05) is 42.7 Å². The summed E-state index contributed by atoms with van der Waals surface area (Å²) in [5, 5.41) is 1.56. The van der Waals surface area contributed by atoms with Gasteiger partial charge >= 0.3 is 0 Å². The summed E-state index contributed by atoms with van der Waals surface area (Å²) in [6.07, 6.45) is 2.98. The molecule has 0 unspecified atom stereocenters. The molecule has 132 valence electrons. The normalized spacial score (nSPS) is 12.8. The number of hydrogen-bond donors (Lipinski definition) is 0. The zero-order valence-corrected chi connectivity index (χ0v) is 16.0. The Bertz CT molecular complexity index is 843. The fourth-order valence-electron chi connectivity index (χ4n) is 2.38. The zero-order valence-electron chi connectivity index (χ0n) is 13.6. The predicted molar refractivity (Wildman–Crippen MR) is 96.1 cm³/mol. The van der Waals surface area contributed by atoms with Crippen molar-refractivity contribution in [2.75, 3.05) is 12.4 Å². The van der Waals surface area contributed by atoms with Crippen LogP contribution in [0.5, 0.6) is 0 Å². The summed E-state index contributed by atoms with van der Waals surface area (Å²) in [4.78, 5) is 0. The molecule has 1 aromatic carbocycles. The number of thiazole rings is 1. The van der Waals surface area contributed by atoms with Gasteiger partial charge in [-0.15, -0.1) is 0 Å². The summed E-state index contributed by atoms with van der Waals surface area (Å²) in [7, 11) is -4.21. The minimum absolute atomic E-state index is 0.256. The van der Waals surface area contributed by atoms with Crippen LogP contribution in [0.2, 0.25) is 5.02 Å². The van der Waals surface area contributed by atoms with E-state index in [0.717, 1.165) is 27.4 Å². The van der Waals surface area contributed by atoms with Crippen LogP contribution in [0.25, 0.3) is 16.3 Å². The molecule has 0 aliphatic heterocycles. The second-order valence-corrected chi connectivity index (χ2v) is 8.24. The molecule has 0 N–H and O–H groups in total. The summed E-state index contributed by atoms with van der Waals surface area (Å²) >= 11 is 7.68.